The van der Waals surface area contributed by atoms with Gasteiger partial charge in [0.15, 0.2) is 0 Å². The summed E-state index contributed by atoms with van der Waals surface area (Å²) in [4.78, 5) is 21.0. The SMILES string of the molecule is CC1(C(=O)O)CCN(Cc2c[nH]c3ncccc23)CC1. The zero-order valence-electron chi connectivity index (χ0n) is 11.6. The Morgan fingerprint density at radius 1 is 1.50 bits per heavy atom. The van der Waals surface area contributed by atoms with Crippen molar-refractivity contribution in [3.05, 3.63) is 30.1 Å². The van der Waals surface area contributed by atoms with Crippen LogP contribution in [0.1, 0.15) is 25.3 Å². The van der Waals surface area contributed by atoms with Gasteiger partial charge in [0.25, 0.3) is 0 Å². The average molecular weight is 273 g/mol. The van der Waals surface area contributed by atoms with Crippen molar-refractivity contribution in [3.8, 4) is 0 Å². The maximum atomic E-state index is 11.2. The van der Waals surface area contributed by atoms with Crippen molar-refractivity contribution in [3.63, 3.8) is 0 Å². The van der Waals surface area contributed by atoms with Gasteiger partial charge in [0.05, 0.1) is 5.41 Å². The number of carboxylic acid groups (broad SMARTS) is 1. The van der Waals surface area contributed by atoms with Crippen LogP contribution in [0.4, 0.5) is 0 Å². The van der Waals surface area contributed by atoms with Crippen molar-refractivity contribution >= 4 is 17.0 Å². The minimum atomic E-state index is -0.673. The van der Waals surface area contributed by atoms with Crippen molar-refractivity contribution in [2.45, 2.75) is 26.3 Å². The molecule has 0 atom stereocenters. The molecule has 5 nitrogen and oxygen atoms in total. The molecular weight excluding hydrogens is 254 g/mol. The molecule has 0 radical (unpaired) electrons. The number of hydrogen-bond donors (Lipinski definition) is 2. The Morgan fingerprint density at radius 2 is 2.25 bits per heavy atom. The molecule has 1 saturated heterocycles. The van der Waals surface area contributed by atoms with E-state index in [1.54, 1.807) is 6.20 Å². The van der Waals surface area contributed by atoms with Crippen molar-refractivity contribution in [1.29, 1.82) is 0 Å². The van der Waals surface area contributed by atoms with Gasteiger partial charge in [0.2, 0.25) is 0 Å². The highest BCUT2D eigenvalue weighted by molar-refractivity contribution is 5.79. The minimum absolute atomic E-state index is 0.557. The van der Waals surface area contributed by atoms with Gasteiger partial charge in [-0.1, -0.05) is 0 Å². The fourth-order valence-corrected chi connectivity index (χ4v) is 2.80. The minimum Gasteiger partial charge on any atom is -0.481 e. The zero-order chi connectivity index (χ0) is 14.2. The lowest BCUT2D eigenvalue weighted by Crippen LogP contribution is -2.42. The zero-order valence-corrected chi connectivity index (χ0v) is 11.6. The molecule has 2 aromatic heterocycles. The molecule has 5 heteroatoms. The molecule has 0 aromatic carbocycles. The molecule has 0 aliphatic carbocycles. The molecule has 0 bridgehead atoms. The van der Waals surface area contributed by atoms with Crippen LogP contribution in [0.25, 0.3) is 11.0 Å². The summed E-state index contributed by atoms with van der Waals surface area (Å²) in [7, 11) is 0. The van der Waals surface area contributed by atoms with Crippen molar-refractivity contribution in [2.24, 2.45) is 5.41 Å². The van der Waals surface area contributed by atoms with E-state index in [0.29, 0.717) is 12.8 Å². The van der Waals surface area contributed by atoms with Gasteiger partial charge in [-0.05, 0) is 50.6 Å². The van der Waals surface area contributed by atoms with Gasteiger partial charge >= 0.3 is 5.97 Å². The van der Waals surface area contributed by atoms with E-state index in [1.807, 2.05) is 19.2 Å². The Balaban J connectivity index is 1.70. The highest BCUT2D eigenvalue weighted by Crippen LogP contribution is 2.32. The van der Waals surface area contributed by atoms with E-state index < -0.39 is 11.4 Å². The first-order chi connectivity index (χ1) is 9.58. The number of pyridine rings is 1. The summed E-state index contributed by atoms with van der Waals surface area (Å²) >= 11 is 0. The topological polar surface area (TPSA) is 69.2 Å². The Morgan fingerprint density at radius 3 is 2.95 bits per heavy atom. The van der Waals surface area contributed by atoms with Crippen LogP contribution in [0.2, 0.25) is 0 Å². The van der Waals surface area contributed by atoms with E-state index in [2.05, 4.69) is 20.9 Å². The molecule has 1 aliphatic rings. The molecule has 0 unspecified atom stereocenters. The molecule has 2 N–H and O–H groups in total. The molecule has 3 heterocycles. The number of likely N-dealkylation sites (tertiary alicyclic amines) is 1. The van der Waals surface area contributed by atoms with Crippen LogP contribution in [-0.4, -0.2) is 39.0 Å². The lowest BCUT2D eigenvalue weighted by molar-refractivity contribution is -0.150. The van der Waals surface area contributed by atoms with Crippen molar-refractivity contribution in [2.75, 3.05) is 13.1 Å². The summed E-state index contributed by atoms with van der Waals surface area (Å²) < 4.78 is 0. The summed E-state index contributed by atoms with van der Waals surface area (Å²) in [6, 6.07) is 4.01. The Labute approximate surface area is 117 Å². The van der Waals surface area contributed by atoms with Crippen LogP contribution in [-0.2, 0) is 11.3 Å². The van der Waals surface area contributed by atoms with Gasteiger partial charge in [0, 0.05) is 24.3 Å². The summed E-state index contributed by atoms with van der Waals surface area (Å²) in [5, 5.41) is 10.4. The first kappa shape index (κ1) is 13.1. The predicted molar refractivity (Wildman–Crippen MR) is 76.3 cm³/mol. The molecule has 0 saturated carbocycles. The van der Waals surface area contributed by atoms with E-state index in [1.165, 1.54) is 5.56 Å². The fourth-order valence-electron chi connectivity index (χ4n) is 2.80. The van der Waals surface area contributed by atoms with Crippen LogP contribution < -0.4 is 0 Å². The number of H-pyrrole nitrogens is 1. The monoisotopic (exact) mass is 273 g/mol. The van der Waals surface area contributed by atoms with Crippen molar-refractivity contribution < 1.29 is 9.90 Å². The number of carbonyl (C=O) groups is 1. The van der Waals surface area contributed by atoms with Gasteiger partial charge in [0.1, 0.15) is 5.65 Å². The maximum Gasteiger partial charge on any atom is 0.309 e. The second-order valence-corrected chi connectivity index (χ2v) is 5.86. The maximum absolute atomic E-state index is 11.2. The third-order valence-electron chi connectivity index (χ3n) is 4.41. The number of rotatable bonds is 3. The van der Waals surface area contributed by atoms with Crippen LogP contribution in [0, 0.1) is 5.41 Å². The van der Waals surface area contributed by atoms with Gasteiger partial charge in [-0.25, -0.2) is 4.98 Å². The number of nitrogens with zero attached hydrogens (tertiary/aromatic N) is 2. The largest absolute Gasteiger partial charge is 0.481 e. The average Bonchev–Trinajstić information content (AvgIpc) is 2.85. The van der Waals surface area contributed by atoms with E-state index in [-0.39, 0.29) is 0 Å². The van der Waals surface area contributed by atoms with E-state index in [9.17, 15) is 9.90 Å². The first-order valence-corrected chi connectivity index (χ1v) is 6.95. The molecule has 20 heavy (non-hydrogen) atoms. The molecule has 106 valence electrons. The lowest BCUT2D eigenvalue weighted by Gasteiger charge is -2.36. The summed E-state index contributed by atoms with van der Waals surface area (Å²) in [5.74, 6) is -0.673. The number of nitrogens with one attached hydrogen (secondary N) is 1. The summed E-state index contributed by atoms with van der Waals surface area (Å²) in [6.45, 7) is 4.36. The molecule has 2 aromatic rings. The predicted octanol–water partition coefficient (Wildman–Crippen LogP) is 2.25. The number of aromatic nitrogens is 2. The van der Waals surface area contributed by atoms with Gasteiger partial charge in [-0.3, -0.25) is 9.69 Å². The second kappa shape index (κ2) is 4.90. The van der Waals surface area contributed by atoms with Gasteiger partial charge in [-0.15, -0.1) is 0 Å². The highest BCUT2D eigenvalue weighted by atomic mass is 16.4. The summed E-state index contributed by atoms with van der Waals surface area (Å²) in [5.41, 5.74) is 1.58. The number of carboxylic acids is 1. The van der Waals surface area contributed by atoms with Crippen molar-refractivity contribution in [1.82, 2.24) is 14.9 Å². The highest BCUT2D eigenvalue weighted by Gasteiger charge is 2.36. The molecular formula is C15H19N3O2. The van der Waals surface area contributed by atoms with E-state index >= 15 is 0 Å². The lowest BCUT2D eigenvalue weighted by atomic mass is 9.80. The van der Waals surface area contributed by atoms with Crippen LogP contribution in [0.5, 0.6) is 0 Å². The van der Waals surface area contributed by atoms with Crippen LogP contribution in [0.15, 0.2) is 24.5 Å². The quantitative estimate of drug-likeness (QED) is 0.900. The first-order valence-electron chi connectivity index (χ1n) is 6.95. The summed E-state index contributed by atoms with van der Waals surface area (Å²) in [6.07, 6.45) is 5.20. The van der Waals surface area contributed by atoms with E-state index in [4.69, 9.17) is 0 Å². The van der Waals surface area contributed by atoms with Gasteiger partial charge < -0.3 is 10.1 Å². The number of piperidine rings is 1. The molecule has 0 spiro atoms. The Hall–Kier alpha value is -1.88. The number of aromatic amines is 1. The molecule has 0 amide bonds. The fraction of sp³-hybridized carbons (Fsp3) is 0.467. The normalized spacial score (nSPS) is 19.2. The second-order valence-electron chi connectivity index (χ2n) is 5.86. The van der Waals surface area contributed by atoms with Crippen LogP contribution in [0.3, 0.4) is 0 Å². The van der Waals surface area contributed by atoms with E-state index in [0.717, 1.165) is 30.7 Å². The molecule has 1 fully saturated rings. The standard InChI is InChI=1S/C15H19N3O2/c1-15(14(19)20)4-7-18(8-5-15)10-11-9-17-13-12(11)3-2-6-16-13/h2-3,6,9H,4-5,7-8,10H2,1H3,(H,16,17)(H,19,20). The third-order valence-corrected chi connectivity index (χ3v) is 4.41. The molecule has 3 rings (SSSR count). The number of hydrogen-bond acceptors (Lipinski definition) is 3. The number of fused-ring (bicyclic) bond motifs is 1. The Bertz CT molecular complexity index is 627. The smallest absolute Gasteiger partial charge is 0.309 e. The van der Waals surface area contributed by atoms with Crippen LogP contribution >= 0.6 is 0 Å². The Kier molecular flexibility index (Phi) is 3.22. The third kappa shape index (κ3) is 2.29. The van der Waals surface area contributed by atoms with Gasteiger partial charge in [-0.2, -0.15) is 0 Å². The molecule has 1 aliphatic heterocycles. The number of aliphatic carboxylic acids is 1.